The lowest BCUT2D eigenvalue weighted by Crippen LogP contribution is -2.39. The zero-order chi connectivity index (χ0) is 48.2. The number of rotatable bonds is 16. The quantitative estimate of drug-likeness (QED) is 0.0151. The van der Waals surface area contributed by atoms with Gasteiger partial charge in [0.1, 0.15) is 16.3 Å². The molecule has 68 heavy (non-hydrogen) atoms. The number of carbonyl (C=O) groups is 1. The average Bonchev–Trinajstić information content (AvgIpc) is 3.30. The van der Waals surface area contributed by atoms with Crippen molar-refractivity contribution in [1.29, 1.82) is 0 Å². The minimum absolute atomic E-state index is 0.0191. The van der Waals surface area contributed by atoms with Gasteiger partial charge in [0.05, 0.1) is 53.0 Å². The number of aromatic hydroxyl groups is 1. The smallest absolute Gasteiger partial charge is 0.444 e. The zero-order valence-electron chi connectivity index (χ0n) is 34.2. The van der Waals surface area contributed by atoms with Crippen molar-refractivity contribution in [2.24, 2.45) is 16.0 Å². The van der Waals surface area contributed by atoms with Crippen LogP contribution < -0.4 is 31.2 Å². The predicted molar refractivity (Wildman–Crippen MR) is 241 cm³/mol. The van der Waals surface area contributed by atoms with Crippen LogP contribution in [0.2, 0.25) is 5.28 Å². The summed E-state index contributed by atoms with van der Waals surface area (Å²) in [6.45, 7) is 1.85. The lowest BCUT2D eigenvalue weighted by molar-refractivity contribution is -0.603. The Morgan fingerprint density at radius 1 is 0.824 bits per heavy atom. The van der Waals surface area contributed by atoms with Gasteiger partial charge in [0, 0.05) is 35.5 Å². The molecule has 1 fully saturated rings. The van der Waals surface area contributed by atoms with Gasteiger partial charge < -0.3 is 36.4 Å². The van der Waals surface area contributed by atoms with Crippen molar-refractivity contribution in [2.45, 2.75) is 14.7 Å². The summed E-state index contributed by atoms with van der Waals surface area (Å²) in [5.41, 5.74) is 5.57. The fourth-order valence-corrected chi connectivity index (χ4v) is 8.17. The third-order valence-electron chi connectivity index (χ3n) is 9.43. The number of morpholine rings is 1. The van der Waals surface area contributed by atoms with Crippen LogP contribution in [0.15, 0.2) is 116 Å². The Labute approximate surface area is 392 Å². The molecule has 350 valence electrons. The van der Waals surface area contributed by atoms with Crippen molar-refractivity contribution in [3.63, 3.8) is 0 Å². The molecule has 1 saturated heterocycles. The second kappa shape index (κ2) is 19.9. The summed E-state index contributed by atoms with van der Waals surface area (Å²) in [6, 6.07) is 17.9. The van der Waals surface area contributed by atoms with Crippen LogP contribution in [0.5, 0.6) is 5.75 Å². The van der Waals surface area contributed by atoms with Crippen molar-refractivity contribution >= 4 is 113 Å². The van der Waals surface area contributed by atoms with Crippen molar-refractivity contribution in [3.05, 3.63) is 102 Å². The first-order chi connectivity index (χ1) is 32.5. The number of ether oxygens (including phenoxy) is 1. The fraction of sp³-hybridized carbons (Fsp3) is 0.105. The topological polar surface area (TPSA) is 365 Å². The minimum Gasteiger partial charge on any atom is -0.505 e. The lowest BCUT2D eigenvalue weighted by atomic mass is 10.1. The number of primary amides is 1. The molecule has 0 unspecified atom stereocenters. The molecule has 1 aliphatic rings. The van der Waals surface area contributed by atoms with Crippen LogP contribution in [0, 0.1) is 0 Å². The van der Waals surface area contributed by atoms with E-state index in [1.165, 1.54) is 47.2 Å². The molecule has 1 amide bonds. The third-order valence-corrected chi connectivity index (χ3v) is 12.0. The molecule has 0 aliphatic carbocycles. The van der Waals surface area contributed by atoms with Gasteiger partial charge in [0.2, 0.25) is 17.2 Å². The summed E-state index contributed by atoms with van der Waals surface area (Å²) in [7, 11) is -9.48. The van der Waals surface area contributed by atoms with Crippen LogP contribution in [0.1, 0.15) is 10.4 Å². The van der Waals surface area contributed by atoms with Gasteiger partial charge in [-0.25, -0.2) is 9.82 Å². The lowest BCUT2D eigenvalue weighted by Gasteiger charge is -2.24. The number of phenols is 1. The number of azo groups is 1. The first kappa shape index (κ1) is 47.2. The molecule has 3 aromatic heterocycles. The van der Waals surface area contributed by atoms with Gasteiger partial charge in [-0.1, -0.05) is 17.2 Å². The van der Waals surface area contributed by atoms with Crippen LogP contribution >= 0.6 is 23.6 Å². The Balaban J connectivity index is 1.13. The van der Waals surface area contributed by atoms with Gasteiger partial charge >= 0.3 is 17.8 Å². The molecule has 0 spiro atoms. The van der Waals surface area contributed by atoms with Gasteiger partial charge in [-0.3, -0.25) is 13.9 Å². The maximum absolute atomic E-state index is 12.5. The van der Waals surface area contributed by atoms with Crippen molar-refractivity contribution in [1.82, 2.24) is 29.9 Å². The monoisotopic (exact) mass is 1010 g/mol. The van der Waals surface area contributed by atoms with E-state index in [9.17, 15) is 35.8 Å². The van der Waals surface area contributed by atoms with Gasteiger partial charge in [-0.05, 0) is 93.7 Å². The Kier molecular flexibility index (Phi) is 13.8. The summed E-state index contributed by atoms with van der Waals surface area (Å²) in [6.07, 6.45) is 3.11. The van der Waals surface area contributed by atoms with E-state index in [0.29, 0.717) is 55.4 Å². The largest absolute Gasteiger partial charge is 0.505 e. The molecule has 26 nitrogen and oxygen atoms in total. The number of hydrogen-bond donors (Lipinski definition) is 8. The standard InChI is InChI=1S/C38H31ClN14O12S3/c39-33-44-34(41-22-4-1-5-25(16-22)67(57,58)59)46-35(45-33)43-24-8-9-29(68(60,61)62)27(18-24)50-51-30-28(66-65-64-56)15-20-6-7-23(17-26(20)31(30)54)42-36-47-37(52-11-13-63-14-12-52)49-38(48-36)53-10-2-3-21(19-53)32(40)55/h1-10,15-19H,11-14H2,(H8-,40,41,42,43,44,45,46,47,48,49,54,55,56,57,58,59,60,61,62)/p+1. The number of halogens is 1. The average molecular weight is 1010 g/mol. The molecule has 30 heteroatoms. The molecule has 4 heterocycles. The molecule has 1 aliphatic heterocycles. The fourth-order valence-electron chi connectivity index (χ4n) is 6.39. The first-order valence-electron chi connectivity index (χ1n) is 19.2. The number of nitrogens with zero attached hydrogens (tertiary/aromatic N) is 10. The second-order valence-electron chi connectivity index (χ2n) is 13.9. The van der Waals surface area contributed by atoms with Crippen LogP contribution in [-0.2, 0) is 34.3 Å². The van der Waals surface area contributed by atoms with E-state index in [1.54, 1.807) is 30.5 Å². The van der Waals surface area contributed by atoms with E-state index < -0.39 is 47.4 Å². The molecular weight excluding hydrogens is 976 g/mol. The number of hydrogen-bond acceptors (Lipinski definition) is 23. The van der Waals surface area contributed by atoms with Gasteiger partial charge in [-0.2, -0.15) is 31.8 Å². The minimum atomic E-state index is -4.95. The summed E-state index contributed by atoms with van der Waals surface area (Å²) in [5.74, 6) is -0.989. The highest BCUT2D eigenvalue weighted by molar-refractivity contribution is 7.94. The number of nitrogens with one attached hydrogen (secondary N) is 3. The Morgan fingerprint density at radius 3 is 2.21 bits per heavy atom. The molecule has 8 rings (SSSR count). The highest BCUT2D eigenvalue weighted by Gasteiger charge is 2.25. The molecule has 0 bridgehead atoms. The molecule has 0 atom stereocenters. The van der Waals surface area contributed by atoms with Crippen LogP contribution in [-0.4, -0.2) is 98.4 Å². The number of benzene rings is 4. The third kappa shape index (κ3) is 11.3. The van der Waals surface area contributed by atoms with Gasteiger partial charge in [0.15, 0.2) is 5.75 Å². The van der Waals surface area contributed by atoms with E-state index >= 15 is 0 Å². The van der Waals surface area contributed by atoms with Crippen LogP contribution in [0.25, 0.3) is 16.7 Å². The Hall–Kier alpha value is -7.32. The number of fused-ring (bicyclic) bond motifs is 1. The number of nitrogens with two attached hydrogens (primary N) is 1. The molecule has 0 saturated carbocycles. The summed E-state index contributed by atoms with van der Waals surface area (Å²) in [4.78, 5) is 38.7. The summed E-state index contributed by atoms with van der Waals surface area (Å²) in [5, 5.41) is 41.6. The van der Waals surface area contributed by atoms with Gasteiger partial charge in [-0.15, -0.1) is 19.5 Å². The van der Waals surface area contributed by atoms with E-state index in [0.717, 1.165) is 18.2 Å². The van der Waals surface area contributed by atoms with E-state index in [-0.39, 0.29) is 62.0 Å². The maximum atomic E-state index is 12.5. The zero-order valence-corrected chi connectivity index (χ0v) is 37.4. The molecule has 9 N–H and O–H groups in total. The molecule has 7 aromatic rings. The summed E-state index contributed by atoms with van der Waals surface area (Å²) < 4.78 is 79.5. The van der Waals surface area contributed by atoms with E-state index in [2.05, 4.69) is 65.5 Å². The predicted octanol–water partition coefficient (Wildman–Crippen LogP) is 5.35. The van der Waals surface area contributed by atoms with E-state index in [4.69, 9.17) is 27.3 Å². The van der Waals surface area contributed by atoms with Crippen LogP contribution in [0.3, 0.4) is 0 Å². The van der Waals surface area contributed by atoms with Crippen molar-refractivity contribution < 1.29 is 59.8 Å². The van der Waals surface area contributed by atoms with Crippen molar-refractivity contribution in [2.75, 3.05) is 47.2 Å². The first-order valence-corrected chi connectivity index (χ1v) is 23.2. The molecule has 0 radical (unpaired) electrons. The molecular formula is C38H32ClN14O12S3+. The highest BCUT2D eigenvalue weighted by Crippen LogP contribution is 2.45. The Morgan fingerprint density at radius 2 is 1.51 bits per heavy atom. The number of aromatic nitrogens is 7. The highest BCUT2D eigenvalue weighted by atomic mass is 35.5. The maximum Gasteiger partial charge on any atom is 0.444 e. The number of amides is 1. The SMILES string of the molecule is NC(=O)c1ccc[n+](-c2nc(Nc3ccc4cc(SOOO)c(N=Nc5cc(Nc6nc(Cl)nc(Nc7cccc(S(=O)(=O)O)c7)n6)ccc5S(=O)(=O)O)c(O)c4c3)nc(N3CCOCC3)n2)c1. The van der Waals surface area contributed by atoms with Crippen molar-refractivity contribution in [3.8, 4) is 11.7 Å². The number of phenolic OH excluding ortho intramolecular Hbond substituents is 1. The second-order valence-corrected chi connectivity index (χ2v) is 17.8. The molecule has 4 aromatic carbocycles. The number of pyridine rings is 1. The normalized spacial score (nSPS) is 13.2. The Bertz CT molecular complexity index is 3350. The number of carbonyl (C=O) groups excluding carboxylic acids is 1. The van der Waals surface area contributed by atoms with Gasteiger partial charge in [0.25, 0.3) is 26.1 Å². The number of anilines is 7. The van der Waals surface area contributed by atoms with Crippen LogP contribution in [0.4, 0.5) is 52.2 Å². The summed E-state index contributed by atoms with van der Waals surface area (Å²) >= 11 is 6.56. The van der Waals surface area contributed by atoms with E-state index in [1.807, 2.05) is 4.90 Å².